The zero-order chi connectivity index (χ0) is 19.3. The Balaban J connectivity index is 3.37. The molecule has 0 N–H and O–H groups in total. The number of alkyl halides is 2. The highest BCUT2D eigenvalue weighted by Crippen LogP contribution is 2.40. The van der Waals surface area contributed by atoms with E-state index in [2.05, 4.69) is 15.9 Å². The lowest BCUT2D eigenvalue weighted by Crippen LogP contribution is -2.44. The highest BCUT2D eigenvalue weighted by Gasteiger charge is 2.46. The molecule has 2 atom stereocenters. The highest BCUT2D eigenvalue weighted by molar-refractivity contribution is 9.10. The SMILES string of the molecule is CC(C)(C)[S@](=O)C[C@@](CCSCC#N)(c1cc(Br)ccc1F)C(F)F. The van der Waals surface area contributed by atoms with Crippen LogP contribution >= 0.6 is 27.7 Å². The van der Waals surface area contributed by atoms with Gasteiger partial charge in [0.25, 0.3) is 0 Å². The van der Waals surface area contributed by atoms with Crippen molar-refractivity contribution in [2.75, 3.05) is 17.3 Å². The Bertz CT molecular complexity index is 658. The van der Waals surface area contributed by atoms with Crippen molar-refractivity contribution in [3.63, 3.8) is 0 Å². The fourth-order valence-electron chi connectivity index (χ4n) is 2.28. The molecule has 2 nitrogen and oxygen atoms in total. The van der Waals surface area contributed by atoms with Gasteiger partial charge in [0, 0.05) is 31.3 Å². The van der Waals surface area contributed by atoms with Crippen molar-refractivity contribution in [1.82, 2.24) is 0 Å². The molecule has 1 rings (SSSR count). The lowest BCUT2D eigenvalue weighted by Gasteiger charge is -2.35. The average molecular weight is 456 g/mol. The van der Waals surface area contributed by atoms with Gasteiger partial charge in [-0.25, -0.2) is 13.2 Å². The molecule has 0 aliphatic carbocycles. The molecule has 0 aliphatic rings. The van der Waals surface area contributed by atoms with Gasteiger partial charge in [0.15, 0.2) is 0 Å². The average Bonchev–Trinajstić information content (AvgIpc) is 2.51. The number of hydrogen-bond acceptors (Lipinski definition) is 3. The van der Waals surface area contributed by atoms with Crippen LogP contribution in [0.2, 0.25) is 0 Å². The standard InChI is InChI=1S/C17H21BrF3NOS2/c1-16(2,3)25(23)11-17(15(20)21,6-8-24-9-7-22)13-10-12(18)4-5-14(13)19/h4-5,10,15H,6,8-9,11H2,1-3H3/t17-,25+/m0/s1. The number of nitrogens with zero attached hydrogens (tertiary/aromatic N) is 1. The van der Waals surface area contributed by atoms with Crippen molar-refractivity contribution < 1.29 is 17.4 Å². The van der Waals surface area contributed by atoms with Gasteiger partial charge < -0.3 is 0 Å². The zero-order valence-electron chi connectivity index (χ0n) is 14.3. The molecule has 0 spiro atoms. The minimum atomic E-state index is -2.88. The maximum absolute atomic E-state index is 14.4. The summed E-state index contributed by atoms with van der Waals surface area (Å²) in [6.07, 6.45) is -2.95. The molecule has 0 amide bonds. The summed E-state index contributed by atoms with van der Waals surface area (Å²) < 4.78 is 55.3. The first kappa shape index (κ1) is 22.5. The summed E-state index contributed by atoms with van der Waals surface area (Å²) in [5, 5.41) is 8.62. The fraction of sp³-hybridized carbons (Fsp3) is 0.588. The summed E-state index contributed by atoms with van der Waals surface area (Å²) in [5.41, 5.74) is -2.00. The normalized spacial score (nSPS) is 15.6. The summed E-state index contributed by atoms with van der Waals surface area (Å²) in [4.78, 5) is 0. The molecular formula is C17H21BrF3NOS2. The summed E-state index contributed by atoms with van der Waals surface area (Å²) in [7, 11) is -1.59. The van der Waals surface area contributed by atoms with Crippen molar-refractivity contribution >= 4 is 38.5 Å². The van der Waals surface area contributed by atoms with Crippen LogP contribution in [0.15, 0.2) is 22.7 Å². The van der Waals surface area contributed by atoms with Gasteiger partial charge >= 0.3 is 0 Å². The number of rotatable bonds is 8. The highest BCUT2D eigenvalue weighted by atomic mass is 79.9. The molecule has 1 aromatic rings. The van der Waals surface area contributed by atoms with E-state index in [1.807, 2.05) is 6.07 Å². The van der Waals surface area contributed by atoms with Gasteiger partial charge in [0.2, 0.25) is 6.43 Å². The lowest BCUT2D eigenvalue weighted by atomic mass is 9.79. The Labute approximate surface area is 162 Å². The molecular weight excluding hydrogens is 435 g/mol. The zero-order valence-corrected chi connectivity index (χ0v) is 17.5. The molecule has 0 saturated carbocycles. The quantitative estimate of drug-likeness (QED) is 0.500. The summed E-state index contributed by atoms with van der Waals surface area (Å²) >= 11 is 4.41. The molecule has 1 aromatic carbocycles. The van der Waals surface area contributed by atoms with E-state index in [0.717, 1.165) is 6.07 Å². The van der Waals surface area contributed by atoms with Gasteiger partial charge in [-0.3, -0.25) is 4.21 Å². The minimum absolute atomic E-state index is 0.0633. The number of thioether (sulfide) groups is 1. The largest absolute Gasteiger partial charge is 0.259 e. The van der Waals surface area contributed by atoms with Gasteiger partial charge in [-0.15, -0.1) is 11.8 Å². The number of nitriles is 1. The minimum Gasteiger partial charge on any atom is -0.259 e. The van der Waals surface area contributed by atoms with Crippen molar-refractivity contribution in [2.45, 2.75) is 43.8 Å². The van der Waals surface area contributed by atoms with Gasteiger partial charge in [-0.05, 0) is 51.1 Å². The van der Waals surface area contributed by atoms with Crippen LogP contribution < -0.4 is 0 Å². The third-order valence-corrected chi connectivity index (χ3v) is 7.28. The number of halogens is 4. The van der Waals surface area contributed by atoms with Crippen LogP contribution in [0, 0.1) is 17.1 Å². The van der Waals surface area contributed by atoms with E-state index in [9.17, 15) is 17.4 Å². The number of benzene rings is 1. The third kappa shape index (κ3) is 6.00. The van der Waals surface area contributed by atoms with E-state index in [1.54, 1.807) is 20.8 Å². The van der Waals surface area contributed by atoms with Crippen LogP contribution in [0.25, 0.3) is 0 Å². The van der Waals surface area contributed by atoms with Crippen molar-refractivity contribution in [3.05, 3.63) is 34.1 Å². The molecule has 0 radical (unpaired) electrons. The lowest BCUT2D eigenvalue weighted by molar-refractivity contribution is 0.0573. The Morgan fingerprint density at radius 2 is 2.00 bits per heavy atom. The molecule has 8 heteroatoms. The van der Waals surface area contributed by atoms with Crippen molar-refractivity contribution in [1.29, 1.82) is 5.26 Å². The molecule has 0 aromatic heterocycles. The first-order valence-electron chi connectivity index (χ1n) is 7.61. The van der Waals surface area contributed by atoms with E-state index in [1.165, 1.54) is 23.9 Å². The van der Waals surface area contributed by atoms with Crippen LogP contribution in [-0.4, -0.2) is 32.6 Å². The molecule has 0 aliphatic heterocycles. The predicted octanol–water partition coefficient (Wildman–Crippen LogP) is 5.29. The Hall–Kier alpha value is -0.520. The second-order valence-electron chi connectivity index (χ2n) is 6.64. The second-order valence-corrected chi connectivity index (χ2v) is 10.9. The van der Waals surface area contributed by atoms with E-state index in [0.29, 0.717) is 4.47 Å². The Morgan fingerprint density at radius 1 is 1.36 bits per heavy atom. The van der Waals surface area contributed by atoms with E-state index >= 15 is 0 Å². The topological polar surface area (TPSA) is 40.9 Å². The first-order valence-corrected chi connectivity index (χ1v) is 10.9. The molecule has 25 heavy (non-hydrogen) atoms. The Morgan fingerprint density at radius 3 is 2.52 bits per heavy atom. The fourth-order valence-corrected chi connectivity index (χ4v) is 4.71. The van der Waals surface area contributed by atoms with Crippen molar-refractivity contribution in [2.24, 2.45) is 0 Å². The summed E-state index contributed by atoms with van der Waals surface area (Å²) in [6, 6.07) is 5.87. The van der Waals surface area contributed by atoms with Gasteiger partial charge in [0.05, 0.1) is 17.2 Å². The van der Waals surface area contributed by atoms with Gasteiger partial charge in [-0.1, -0.05) is 15.9 Å². The smallest absolute Gasteiger partial charge is 0.249 e. The first-order chi connectivity index (χ1) is 11.5. The van der Waals surface area contributed by atoms with Crippen LogP contribution in [0.1, 0.15) is 32.8 Å². The van der Waals surface area contributed by atoms with E-state index in [4.69, 9.17) is 5.26 Å². The van der Waals surface area contributed by atoms with E-state index < -0.39 is 33.2 Å². The maximum Gasteiger partial charge on any atom is 0.249 e. The van der Waals surface area contributed by atoms with Crippen LogP contribution in [-0.2, 0) is 16.2 Å². The molecule has 140 valence electrons. The Kier molecular flexibility index (Phi) is 8.49. The van der Waals surface area contributed by atoms with Crippen LogP contribution in [0.4, 0.5) is 13.2 Å². The summed E-state index contributed by atoms with van der Waals surface area (Å²) in [6.45, 7) is 5.13. The van der Waals surface area contributed by atoms with Gasteiger partial charge in [0.1, 0.15) is 5.82 Å². The predicted molar refractivity (Wildman–Crippen MR) is 102 cm³/mol. The number of hydrogen-bond donors (Lipinski definition) is 0. The molecule has 0 heterocycles. The van der Waals surface area contributed by atoms with Crippen molar-refractivity contribution in [3.8, 4) is 6.07 Å². The third-order valence-electron chi connectivity index (χ3n) is 3.81. The molecule has 0 unspecified atom stereocenters. The molecule has 0 bridgehead atoms. The monoisotopic (exact) mass is 455 g/mol. The second kappa shape index (κ2) is 9.43. The van der Waals surface area contributed by atoms with Crippen LogP contribution in [0.3, 0.4) is 0 Å². The molecule has 0 fully saturated rings. The summed E-state index contributed by atoms with van der Waals surface area (Å²) in [5.74, 6) is -0.651. The van der Waals surface area contributed by atoms with Crippen LogP contribution in [0.5, 0.6) is 0 Å². The van der Waals surface area contributed by atoms with Gasteiger partial charge in [-0.2, -0.15) is 5.26 Å². The maximum atomic E-state index is 14.4. The molecule has 0 saturated heterocycles. The van der Waals surface area contributed by atoms with E-state index in [-0.39, 0.29) is 29.2 Å².